The number of esters is 1. The third kappa shape index (κ3) is 5.02. The van der Waals surface area contributed by atoms with Crippen LogP contribution in [0.4, 0.5) is 10.1 Å². The smallest absolute Gasteiger partial charge is 0.339 e. The second-order valence-corrected chi connectivity index (χ2v) is 10.6. The number of methoxy groups -OCH3 is 1. The highest BCUT2D eigenvalue weighted by Gasteiger charge is 2.38. The van der Waals surface area contributed by atoms with E-state index in [1.807, 2.05) is 0 Å². The Morgan fingerprint density at radius 3 is 2.52 bits per heavy atom. The van der Waals surface area contributed by atoms with Crippen molar-refractivity contribution >= 4 is 21.7 Å². The molecule has 0 unspecified atom stereocenters. The van der Waals surface area contributed by atoms with Crippen molar-refractivity contribution in [2.24, 2.45) is 0 Å². The summed E-state index contributed by atoms with van der Waals surface area (Å²) in [6, 6.07) is 7.82. The summed E-state index contributed by atoms with van der Waals surface area (Å²) >= 11 is 0. The summed E-state index contributed by atoms with van der Waals surface area (Å²) in [6.45, 7) is 4.37. The minimum absolute atomic E-state index is 0.0223. The number of aryl methyl sites for hydroxylation is 1. The standard InChI is InChI=1S/C23H28FN3O5S/c1-16-11-19(5-6-22(16)24)27(13-18-4-3-17(12-25-18)23(28)31-2)33(29,30)21-7-9-26(10-8-21)20-14-32-15-20/h3-6,11-12,20-21H,7-10,13-15H2,1-2H3. The van der Waals surface area contributed by atoms with Crippen LogP contribution < -0.4 is 4.31 Å². The van der Waals surface area contributed by atoms with Crippen molar-refractivity contribution < 1.29 is 27.1 Å². The Morgan fingerprint density at radius 1 is 1.24 bits per heavy atom. The molecule has 2 aliphatic rings. The van der Waals surface area contributed by atoms with E-state index in [4.69, 9.17) is 4.74 Å². The number of pyridine rings is 1. The highest BCUT2D eigenvalue weighted by molar-refractivity contribution is 7.93. The highest BCUT2D eigenvalue weighted by atomic mass is 32.2. The molecule has 0 radical (unpaired) electrons. The number of sulfonamides is 1. The molecular weight excluding hydrogens is 449 g/mol. The molecule has 8 nitrogen and oxygen atoms in total. The van der Waals surface area contributed by atoms with E-state index in [9.17, 15) is 17.6 Å². The number of ether oxygens (including phenoxy) is 2. The van der Waals surface area contributed by atoms with Crippen molar-refractivity contribution in [1.29, 1.82) is 0 Å². The third-order valence-electron chi connectivity index (χ3n) is 6.32. The lowest BCUT2D eigenvalue weighted by Crippen LogP contribution is -2.54. The van der Waals surface area contributed by atoms with Gasteiger partial charge in [-0.1, -0.05) is 0 Å². The van der Waals surface area contributed by atoms with Crippen LogP contribution in [0.5, 0.6) is 0 Å². The summed E-state index contributed by atoms with van der Waals surface area (Å²) in [4.78, 5) is 18.2. The molecule has 178 valence electrons. The van der Waals surface area contributed by atoms with E-state index in [-0.39, 0.29) is 12.1 Å². The van der Waals surface area contributed by atoms with E-state index < -0.39 is 27.1 Å². The fraction of sp³-hybridized carbons (Fsp3) is 0.478. The van der Waals surface area contributed by atoms with Crippen LogP contribution in [-0.2, 0) is 26.0 Å². The van der Waals surface area contributed by atoms with Gasteiger partial charge in [-0.3, -0.25) is 14.2 Å². The highest BCUT2D eigenvalue weighted by Crippen LogP contribution is 2.30. The Hall–Kier alpha value is -2.56. The average molecular weight is 478 g/mol. The van der Waals surface area contributed by atoms with Crippen molar-refractivity contribution in [3.05, 3.63) is 59.2 Å². The average Bonchev–Trinajstić information content (AvgIpc) is 2.78. The maximum atomic E-state index is 13.9. The lowest BCUT2D eigenvalue weighted by molar-refractivity contribution is -0.0695. The van der Waals surface area contributed by atoms with Crippen molar-refractivity contribution in [2.75, 3.05) is 37.7 Å². The topological polar surface area (TPSA) is 89.0 Å². The molecule has 2 aliphatic heterocycles. The minimum atomic E-state index is -3.75. The van der Waals surface area contributed by atoms with Crippen LogP contribution in [0.15, 0.2) is 36.5 Å². The van der Waals surface area contributed by atoms with Gasteiger partial charge in [-0.2, -0.15) is 0 Å². The zero-order chi connectivity index (χ0) is 23.6. The molecule has 1 aromatic heterocycles. The quantitative estimate of drug-likeness (QED) is 0.566. The summed E-state index contributed by atoms with van der Waals surface area (Å²) in [5, 5.41) is -0.547. The molecule has 0 bridgehead atoms. The molecule has 0 saturated carbocycles. The van der Waals surface area contributed by atoms with Gasteiger partial charge in [0.05, 0.1) is 55.1 Å². The van der Waals surface area contributed by atoms with Crippen LogP contribution in [-0.4, -0.2) is 69.0 Å². The predicted octanol–water partition coefficient (Wildman–Crippen LogP) is 2.52. The Morgan fingerprint density at radius 2 is 1.97 bits per heavy atom. The summed E-state index contributed by atoms with van der Waals surface area (Å²) < 4.78 is 52.7. The van der Waals surface area contributed by atoms with Gasteiger partial charge in [0.1, 0.15) is 5.82 Å². The molecule has 1 aromatic carbocycles. The fourth-order valence-corrected chi connectivity index (χ4v) is 6.05. The maximum absolute atomic E-state index is 13.9. The molecule has 10 heteroatoms. The Balaban J connectivity index is 1.59. The molecule has 3 heterocycles. The number of hydrogen-bond donors (Lipinski definition) is 0. The molecule has 2 fully saturated rings. The van der Waals surface area contributed by atoms with Crippen LogP contribution >= 0.6 is 0 Å². The normalized spacial score (nSPS) is 18.0. The Labute approximate surface area is 193 Å². The molecule has 0 spiro atoms. The predicted molar refractivity (Wildman–Crippen MR) is 121 cm³/mol. The number of hydrogen-bond acceptors (Lipinski definition) is 7. The van der Waals surface area contributed by atoms with Crippen LogP contribution in [0.3, 0.4) is 0 Å². The van der Waals surface area contributed by atoms with E-state index in [0.29, 0.717) is 62.1 Å². The first-order chi connectivity index (χ1) is 15.8. The zero-order valence-corrected chi connectivity index (χ0v) is 19.6. The monoisotopic (exact) mass is 477 g/mol. The van der Waals surface area contributed by atoms with Crippen LogP contribution in [0.25, 0.3) is 0 Å². The Kier molecular flexibility index (Phi) is 6.96. The first kappa shape index (κ1) is 23.6. The molecule has 0 N–H and O–H groups in total. The lowest BCUT2D eigenvalue weighted by Gasteiger charge is -2.42. The van der Waals surface area contributed by atoms with Gasteiger partial charge in [0.2, 0.25) is 10.0 Å². The van der Waals surface area contributed by atoms with Gasteiger partial charge in [-0.15, -0.1) is 0 Å². The van der Waals surface area contributed by atoms with Gasteiger partial charge in [0.25, 0.3) is 0 Å². The fourth-order valence-electron chi connectivity index (χ4n) is 4.17. The van der Waals surface area contributed by atoms with Crippen LogP contribution in [0.1, 0.15) is 34.5 Å². The second kappa shape index (κ2) is 9.74. The van der Waals surface area contributed by atoms with Gasteiger partial charge in [0, 0.05) is 6.20 Å². The lowest BCUT2D eigenvalue weighted by atomic mass is 10.1. The van der Waals surface area contributed by atoms with Crippen LogP contribution in [0, 0.1) is 12.7 Å². The molecule has 2 saturated heterocycles. The number of anilines is 1. The number of carbonyl (C=O) groups excluding carboxylic acids is 1. The minimum Gasteiger partial charge on any atom is -0.465 e. The molecule has 4 rings (SSSR count). The van der Waals surface area contributed by atoms with Crippen LogP contribution in [0.2, 0.25) is 0 Å². The van der Waals surface area contributed by atoms with E-state index >= 15 is 0 Å². The summed E-state index contributed by atoms with van der Waals surface area (Å²) in [6.07, 6.45) is 2.40. The van der Waals surface area contributed by atoms with E-state index in [1.54, 1.807) is 19.1 Å². The Bertz CT molecular complexity index is 1100. The maximum Gasteiger partial charge on any atom is 0.339 e. The second-order valence-electron chi connectivity index (χ2n) is 8.44. The van der Waals surface area contributed by atoms with E-state index in [1.165, 1.54) is 35.8 Å². The van der Waals surface area contributed by atoms with E-state index in [2.05, 4.69) is 14.6 Å². The SMILES string of the molecule is COC(=O)c1ccc(CN(c2ccc(F)c(C)c2)S(=O)(=O)C2CCN(C3COC3)CC2)nc1. The van der Waals surface area contributed by atoms with Gasteiger partial charge in [-0.05, 0) is 68.8 Å². The summed E-state index contributed by atoms with van der Waals surface area (Å²) in [7, 11) is -2.47. The van der Waals surface area contributed by atoms with Gasteiger partial charge in [-0.25, -0.2) is 17.6 Å². The van der Waals surface area contributed by atoms with Crippen molar-refractivity contribution in [3.63, 3.8) is 0 Å². The first-order valence-electron chi connectivity index (χ1n) is 10.9. The third-order valence-corrected chi connectivity index (χ3v) is 8.59. The van der Waals surface area contributed by atoms with Gasteiger partial charge >= 0.3 is 5.97 Å². The molecule has 0 amide bonds. The number of benzene rings is 1. The molecule has 33 heavy (non-hydrogen) atoms. The summed E-state index contributed by atoms with van der Waals surface area (Å²) in [5.41, 5.74) is 1.50. The largest absolute Gasteiger partial charge is 0.465 e. The number of piperidine rings is 1. The first-order valence-corrected chi connectivity index (χ1v) is 12.4. The number of rotatable bonds is 7. The molecule has 0 aliphatic carbocycles. The number of likely N-dealkylation sites (tertiary alicyclic amines) is 1. The van der Waals surface area contributed by atoms with Crippen molar-refractivity contribution in [1.82, 2.24) is 9.88 Å². The molecular formula is C23H28FN3O5S. The summed E-state index contributed by atoms with van der Waals surface area (Å²) in [5.74, 6) is -0.913. The van der Waals surface area contributed by atoms with Crippen molar-refractivity contribution in [2.45, 2.75) is 37.6 Å². The number of nitrogens with zero attached hydrogens (tertiary/aromatic N) is 3. The molecule has 0 atom stereocenters. The zero-order valence-electron chi connectivity index (χ0n) is 18.7. The number of carbonyl (C=O) groups is 1. The van der Waals surface area contributed by atoms with Gasteiger partial charge in [0.15, 0.2) is 0 Å². The van der Waals surface area contributed by atoms with E-state index in [0.717, 1.165) is 0 Å². The van der Waals surface area contributed by atoms with Crippen molar-refractivity contribution in [3.8, 4) is 0 Å². The molecule has 2 aromatic rings. The number of aromatic nitrogens is 1. The number of halogens is 1. The van der Waals surface area contributed by atoms with Gasteiger partial charge < -0.3 is 9.47 Å².